The van der Waals surface area contributed by atoms with Crippen LogP contribution in [0.25, 0.3) is 0 Å². The summed E-state index contributed by atoms with van der Waals surface area (Å²) in [6, 6.07) is 0.245. The Kier molecular flexibility index (Phi) is 3.69. The van der Waals surface area contributed by atoms with Gasteiger partial charge in [0.25, 0.3) is 0 Å². The second-order valence-electron chi connectivity index (χ2n) is 3.34. The van der Waals surface area contributed by atoms with Gasteiger partial charge in [0.1, 0.15) is 0 Å². The molecule has 1 rings (SSSR count). The Labute approximate surface area is 80.6 Å². The topological polar surface area (TPSA) is 12.4 Å². The van der Waals surface area contributed by atoms with E-state index < -0.39 is 0 Å². The van der Waals surface area contributed by atoms with Crippen LogP contribution in [0.3, 0.4) is 0 Å². The lowest BCUT2D eigenvalue weighted by Crippen LogP contribution is -2.05. The zero-order chi connectivity index (χ0) is 9.68. The minimum absolute atomic E-state index is 0.245. The third-order valence-electron chi connectivity index (χ3n) is 2.21. The lowest BCUT2D eigenvalue weighted by molar-refractivity contribution is 0.940. The first-order valence-corrected chi connectivity index (χ1v) is 4.79. The van der Waals surface area contributed by atoms with Crippen molar-refractivity contribution in [1.29, 1.82) is 0 Å². The maximum absolute atomic E-state index is 4.62. The molecular weight excluding hydrogens is 158 g/mol. The van der Waals surface area contributed by atoms with Crippen LogP contribution in [0, 0.1) is 0 Å². The van der Waals surface area contributed by atoms with E-state index in [4.69, 9.17) is 0 Å². The first-order valence-electron chi connectivity index (χ1n) is 4.79. The molecule has 0 aromatic heterocycles. The fourth-order valence-corrected chi connectivity index (χ4v) is 1.16. The van der Waals surface area contributed by atoms with Crippen molar-refractivity contribution in [3.05, 3.63) is 36.0 Å². The second kappa shape index (κ2) is 4.80. The number of hydrogen-bond donors (Lipinski definition) is 0. The van der Waals surface area contributed by atoms with Crippen LogP contribution in [0.4, 0.5) is 0 Å². The average Bonchev–Trinajstić information content (AvgIpc) is 2.32. The van der Waals surface area contributed by atoms with Gasteiger partial charge < -0.3 is 0 Å². The highest BCUT2D eigenvalue weighted by Crippen LogP contribution is 2.11. The fraction of sp³-hybridized carbons (Fsp3) is 0.417. The average molecular weight is 175 g/mol. The van der Waals surface area contributed by atoms with Gasteiger partial charge in [-0.1, -0.05) is 37.3 Å². The largest absolute Gasteiger partial charge is 0.283 e. The van der Waals surface area contributed by atoms with E-state index in [0.29, 0.717) is 0 Å². The van der Waals surface area contributed by atoms with Crippen molar-refractivity contribution in [3.63, 3.8) is 0 Å². The summed E-state index contributed by atoms with van der Waals surface area (Å²) in [7, 11) is 0. The Morgan fingerprint density at radius 3 is 2.85 bits per heavy atom. The van der Waals surface area contributed by atoms with Gasteiger partial charge in [-0.05, 0) is 25.8 Å². The van der Waals surface area contributed by atoms with Crippen LogP contribution in [0.1, 0.15) is 27.2 Å². The van der Waals surface area contributed by atoms with Gasteiger partial charge in [0.2, 0.25) is 0 Å². The molecule has 1 atom stereocenters. The molecule has 0 aromatic carbocycles. The van der Waals surface area contributed by atoms with Gasteiger partial charge in [0.15, 0.2) is 0 Å². The van der Waals surface area contributed by atoms with Crippen molar-refractivity contribution in [3.8, 4) is 0 Å². The molecule has 1 unspecified atom stereocenters. The molecule has 0 fully saturated rings. The van der Waals surface area contributed by atoms with Gasteiger partial charge in [0.05, 0.1) is 6.04 Å². The molecule has 0 spiro atoms. The molecule has 1 nitrogen and oxygen atoms in total. The van der Waals surface area contributed by atoms with Crippen LogP contribution in [-0.4, -0.2) is 11.8 Å². The van der Waals surface area contributed by atoms with Crippen LogP contribution in [0.5, 0.6) is 0 Å². The van der Waals surface area contributed by atoms with E-state index in [-0.39, 0.29) is 6.04 Å². The highest BCUT2D eigenvalue weighted by Gasteiger charge is 2.04. The molecule has 0 saturated heterocycles. The number of rotatable bonds is 2. The van der Waals surface area contributed by atoms with E-state index in [0.717, 1.165) is 6.42 Å². The molecule has 0 heterocycles. The minimum atomic E-state index is 0.245. The van der Waals surface area contributed by atoms with E-state index >= 15 is 0 Å². The number of allylic oxidation sites excluding steroid dienone is 4. The SMILES string of the molecule is CC/C(C)=N\C1C=CC=CC=C1C. The van der Waals surface area contributed by atoms with Crippen LogP contribution >= 0.6 is 0 Å². The molecular formula is C12H17N. The zero-order valence-corrected chi connectivity index (χ0v) is 8.62. The molecule has 1 heteroatoms. The predicted molar refractivity (Wildman–Crippen MR) is 59.2 cm³/mol. The lowest BCUT2D eigenvalue weighted by Gasteiger charge is -2.08. The fourth-order valence-electron chi connectivity index (χ4n) is 1.16. The quantitative estimate of drug-likeness (QED) is 0.571. The van der Waals surface area contributed by atoms with E-state index in [2.05, 4.69) is 50.1 Å². The van der Waals surface area contributed by atoms with Crippen molar-refractivity contribution < 1.29 is 0 Å². The third-order valence-corrected chi connectivity index (χ3v) is 2.21. The third kappa shape index (κ3) is 3.02. The van der Waals surface area contributed by atoms with E-state index in [1.165, 1.54) is 11.3 Å². The van der Waals surface area contributed by atoms with Crippen molar-refractivity contribution in [2.75, 3.05) is 0 Å². The molecule has 0 saturated carbocycles. The summed E-state index contributed by atoms with van der Waals surface area (Å²) >= 11 is 0. The molecule has 13 heavy (non-hydrogen) atoms. The first kappa shape index (κ1) is 9.97. The monoisotopic (exact) mass is 175 g/mol. The molecule has 70 valence electrons. The summed E-state index contributed by atoms with van der Waals surface area (Å²) in [5, 5.41) is 0. The van der Waals surface area contributed by atoms with Crippen molar-refractivity contribution in [2.45, 2.75) is 33.2 Å². The van der Waals surface area contributed by atoms with E-state index in [1.54, 1.807) is 0 Å². The van der Waals surface area contributed by atoms with E-state index in [1.807, 2.05) is 6.08 Å². The number of hydrogen-bond acceptors (Lipinski definition) is 1. The molecule has 0 bridgehead atoms. The van der Waals surface area contributed by atoms with Crippen LogP contribution in [0.2, 0.25) is 0 Å². The maximum atomic E-state index is 4.62. The number of aliphatic imine (C=N–C) groups is 1. The van der Waals surface area contributed by atoms with Crippen molar-refractivity contribution >= 4 is 5.71 Å². The minimum Gasteiger partial charge on any atom is -0.283 e. The second-order valence-corrected chi connectivity index (χ2v) is 3.34. The van der Waals surface area contributed by atoms with Gasteiger partial charge in [-0.3, -0.25) is 4.99 Å². The van der Waals surface area contributed by atoms with Crippen LogP contribution in [-0.2, 0) is 0 Å². The summed E-state index contributed by atoms with van der Waals surface area (Å²) < 4.78 is 0. The van der Waals surface area contributed by atoms with Crippen molar-refractivity contribution in [1.82, 2.24) is 0 Å². The Morgan fingerprint density at radius 2 is 2.15 bits per heavy atom. The molecule has 0 aliphatic heterocycles. The Hall–Kier alpha value is -1.11. The summed E-state index contributed by atoms with van der Waals surface area (Å²) in [5.41, 5.74) is 2.52. The smallest absolute Gasteiger partial charge is 0.0892 e. The normalized spacial score (nSPS) is 22.8. The van der Waals surface area contributed by atoms with Crippen molar-refractivity contribution in [2.24, 2.45) is 4.99 Å². The summed E-state index contributed by atoms with van der Waals surface area (Å²) in [6.45, 7) is 6.34. The summed E-state index contributed by atoms with van der Waals surface area (Å²) in [6.07, 6.45) is 11.4. The number of nitrogens with zero attached hydrogens (tertiary/aromatic N) is 1. The molecule has 0 N–H and O–H groups in total. The Bertz CT molecular complexity index is 279. The van der Waals surface area contributed by atoms with Gasteiger partial charge in [0, 0.05) is 5.71 Å². The highest BCUT2D eigenvalue weighted by atomic mass is 14.8. The highest BCUT2D eigenvalue weighted by molar-refractivity contribution is 5.82. The molecule has 0 amide bonds. The van der Waals surface area contributed by atoms with Gasteiger partial charge in [-0.15, -0.1) is 0 Å². The molecule has 0 aromatic rings. The molecule has 1 aliphatic rings. The van der Waals surface area contributed by atoms with Gasteiger partial charge in [-0.25, -0.2) is 0 Å². The molecule has 1 aliphatic carbocycles. The Morgan fingerprint density at radius 1 is 1.38 bits per heavy atom. The summed E-state index contributed by atoms with van der Waals surface area (Å²) in [5.74, 6) is 0. The summed E-state index contributed by atoms with van der Waals surface area (Å²) in [4.78, 5) is 4.62. The van der Waals surface area contributed by atoms with Crippen LogP contribution < -0.4 is 0 Å². The molecule has 0 radical (unpaired) electrons. The lowest BCUT2D eigenvalue weighted by atomic mass is 10.1. The zero-order valence-electron chi connectivity index (χ0n) is 8.62. The van der Waals surface area contributed by atoms with E-state index in [9.17, 15) is 0 Å². The Balaban J connectivity index is 2.80. The van der Waals surface area contributed by atoms with Crippen LogP contribution in [0.15, 0.2) is 40.9 Å². The van der Waals surface area contributed by atoms with Gasteiger partial charge in [-0.2, -0.15) is 0 Å². The van der Waals surface area contributed by atoms with Gasteiger partial charge >= 0.3 is 0 Å². The maximum Gasteiger partial charge on any atom is 0.0892 e. The predicted octanol–water partition coefficient (Wildman–Crippen LogP) is 3.30. The first-order chi connectivity index (χ1) is 6.24. The standard InChI is InChI=1S/C12H17N/c1-4-11(3)13-12-9-7-5-6-8-10(12)2/h5-9,12H,4H2,1-3H3/b13-11-.